The van der Waals surface area contributed by atoms with Gasteiger partial charge in [0.2, 0.25) is 11.8 Å². The van der Waals surface area contributed by atoms with Gasteiger partial charge in [0.25, 0.3) is 0 Å². The highest BCUT2D eigenvalue weighted by Gasteiger charge is 2.42. The summed E-state index contributed by atoms with van der Waals surface area (Å²) in [4.78, 5) is 41.6. The van der Waals surface area contributed by atoms with Crippen LogP contribution in [0.4, 0.5) is 0 Å². The summed E-state index contributed by atoms with van der Waals surface area (Å²) in [7, 11) is 1.62. The molecule has 0 spiro atoms. The van der Waals surface area contributed by atoms with E-state index in [9.17, 15) is 14.4 Å². The highest BCUT2D eigenvalue weighted by Crippen LogP contribution is 2.25. The van der Waals surface area contributed by atoms with Gasteiger partial charge in [0.05, 0.1) is 6.04 Å². The molecule has 27 heavy (non-hydrogen) atoms. The fourth-order valence-corrected chi connectivity index (χ4v) is 3.37. The lowest BCUT2D eigenvalue weighted by Gasteiger charge is -2.37. The predicted octanol–water partition coefficient (Wildman–Crippen LogP) is 1.79. The molecule has 1 aliphatic heterocycles. The van der Waals surface area contributed by atoms with Crippen LogP contribution in [0.1, 0.15) is 61.3 Å². The fourth-order valence-electron chi connectivity index (χ4n) is 3.37. The van der Waals surface area contributed by atoms with E-state index in [1.807, 2.05) is 48.5 Å². The van der Waals surface area contributed by atoms with Crippen molar-refractivity contribution in [2.24, 2.45) is 17.6 Å². The first kappa shape index (κ1) is 23.4. The van der Waals surface area contributed by atoms with E-state index in [0.717, 1.165) is 6.42 Å². The molecule has 0 radical (unpaired) electrons. The molecule has 1 rings (SSSR count). The minimum atomic E-state index is -0.663. The SMILES string of the molecule is CC(C)[C@H](N)C(=O)N(C)[C@H](C(=O)N1CCC[C@H]1C(=O)OC(C)(C)C)C(C)C. The molecule has 0 aliphatic carbocycles. The van der Waals surface area contributed by atoms with Crippen LogP contribution in [0.2, 0.25) is 0 Å². The zero-order chi connectivity index (χ0) is 21.1. The lowest BCUT2D eigenvalue weighted by Crippen LogP contribution is -2.57. The third-order valence-electron chi connectivity index (χ3n) is 4.87. The third kappa shape index (κ3) is 5.92. The average molecular weight is 384 g/mol. The quantitative estimate of drug-likeness (QED) is 0.706. The lowest BCUT2D eigenvalue weighted by atomic mass is 9.97. The van der Waals surface area contributed by atoms with E-state index < -0.39 is 23.7 Å². The van der Waals surface area contributed by atoms with Crippen molar-refractivity contribution in [2.75, 3.05) is 13.6 Å². The molecule has 2 amide bonds. The Hall–Kier alpha value is -1.63. The smallest absolute Gasteiger partial charge is 0.329 e. The van der Waals surface area contributed by atoms with Crippen LogP contribution in [0.3, 0.4) is 0 Å². The van der Waals surface area contributed by atoms with Crippen molar-refractivity contribution in [1.82, 2.24) is 9.80 Å². The van der Waals surface area contributed by atoms with E-state index in [1.54, 1.807) is 11.9 Å². The highest BCUT2D eigenvalue weighted by atomic mass is 16.6. The molecule has 0 aromatic rings. The van der Waals surface area contributed by atoms with Crippen LogP contribution in [0.25, 0.3) is 0 Å². The minimum Gasteiger partial charge on any atom is -0.458 e. The normalized spacial score (nSPS) is 20.0. The summed E-state index contributed by atoms with van der Waals surface area (Å²) in [6, 6.07) is -1.92. The van der Waals surface area contributed by atoms with Gasteiger partial charge in [-0.3, -0.25) is 9.59 Å². The first-order valence-corrected chi connectivity index (χ1v) is 9.83. The van der Waals surface area contributed by atoms with Crippen LogP contribution in [0.5, 0.6) is 0 Å². The van der Waals surface area contributed by atoms with E-state index in [1.165, 1.54) is 4.90 Å². The van der Waals surface area contributed by atoms with E-state index in [4.69, 9.17) is 10.5 Å². The van der Waals surface area contributed by atoms with Gasteiger partial charge >= 0.3 is 5.97 Å². The van der Waals surface area contributed by atoms with Crippen LogP contribution in [0.15, 0.2) is 0 Å². The maximum Gasteiger partial charge on any atom is 0.329 e. The Morgan fingerprint density at radius 3 is 2.11 bits per heavy atom. The summed E-state index contributed by atoms with van der Waals surface area (Å²) in [5.41, 5.74) is 5.40. The number of nitrogens with two attached hydrogens (primary N) is 1. The van der Waals surface area contributed by atoms with Crippen molar-refractivity contribution in [1.29, 1.82) is 0 Å². The molecular formula is C20H37N3O4. The van der Waals surface area contributed by atoms with Gasteiger partial charge in [0.1, 0.15) is 17.7 Å². The Morgan fingerprint density at radius 1 is 1.11 bits per heavy atom. The second-order valence-corrected chi connectivity index (χ2v) is 9.13. The monoisotopic (exact) mass is 383 g/mol. The average Bonchev–Trinajstić information content (AvgIpc) is 3.00. The molecule has 1 fully saturated rings. The number of carbonyl (C=O) groups is 3. The minimum absolute atomic E-state index is 0.0239. The number of carbonyl (C=O) groups excluding carboxylic acids is 3. The first-order chi connectivity index (χ1) is 12.3. The van der Waals surface area contributed by atoms with Gasteiger partial charge in [-0.15, -0.1) is 0 Å². The summed E-state index contributed by atoms with van der Waals surface area (Å²) in [6.45, 7) is 13.5. The van der Waals surface area contributed by atoms with Crippen molar-refractivity contribution >= 4 is 17.8 Å². The van der Waals surface area contributed by atoms with Crippen molar-refractivity contribution in [3.63, 3.8) is 0 Å². The molecule has 1 aliphatic rings. The molecule has 7 heteroatoms. The van der Waals surface area contributed by atoms with Crippen LogP contribution in [0, 0.1) is 11.8 Å². The second kappa shape index (κ2) is 9.04. The van der Waals surface area contributed by atoms with Gasteiger partial charge in [-0.2, -0.15) is 0 Å². The molecule has 3 atom stereocenters. The molecule has 0 saturated carbocycles. The topological polar surface area (TPSA) is 92.9 Å². The molecule has 7 nitrogen and oxygen atoms in total. The van der Waals surface area contributed by atoms with Gasteiger partial charge in [0, 0.05) is 13.6 Å². The first-order valence-electron chi connectivity index (χ1n) is 9.83. The number of likely N-dealkylation sites (tertiary alicyclic amines) is 1. The second-order valence-electron chi connectivity index (χ2n) is 9.13. The largest absolute Gasteiger partial charge is 0.458 e. The number of hydrogen-bond donors (Lipinski definition) is 1. The van der Waals surface area contributed by atoms with Gasteiger partial charge < -0.3 is 20.3 Å². The molecule has 0 unspecified atom stereocenters. The van der Waals surface area contributed by atoms with Crippen molar-refractivity contribution < 1.29 is 19.1 Å². The number of likely N-dealkylation sites (N-methyl/N-ethyl adjacent to an activating group) is 1. The molecule has 156 valence electrons. The molecular weight excluding hydrogens is 346 g/mol. The molecule has 0 aromatic carbocycles. The van der Waals surface area contributed by atoms with Gasteiger partial charge in [-0.1, -0.05) is 27.7 Å². The standard InChI is InChI=1S/C20H37N3O4/c1-12(2)15(21)17(24)22(8)16(13(3)4)18(25)23-11-9-10-14(23)19(26)27-20(5,6)7/h12-16H,9-11,21H2,1-8H3/t14-,15-,16-/m0/s1. The Labute approximate surface area is 163 Å². The molecule has 1 heterocycles. The van der Waals surface area contributed by atoms with Crippen molar-refractivity contribution in [3.05, 3.63) is 0 Å². The molecule has 0 aromatic heterocycles. The Morgan fingerprint density at radius 2 is 1.67 bits per heavy atom. The fraction of sp³-hybridized carbons (Fsp3) is 0.850. The Bertz CT molecular complexity index is 554. The van der Waals surface area contributed by atoms with Gasteiger partial charge in [-0.05, 0) is 45.4 Å². The van der Waals surface area contributed by atoms with Gasteiger partial charge in [-0.25, -0.2) is 4.79 Å². The summed E-state index contributed by atoms with van der Waals surface area (Å²) in [6.07, 6.45) is 1.32. The van der Waals surface area contributed by atoms with Crippen LogP contribution in [-0.4, -0.2) is 64.9 Å². The number of esters is 1. The summed E-state index contributed by atoms with van der Waals surface area (Å²) in [5, 5.41) is 0. The summed E-state index contributed by atoms with van der Waals surface area (Å²) in [5.74, 6) is -0.992. The third-order valence-corrected chi connectivity index (χ3v) is 4.87. The van der Waals surface area contributed by atoms with E-state index in [0.29, 0.717) is 13.0 Å². The Kier molecular flexibility index (Phi) is 7.84. The van der Waals surface area contributed by atoms with Crippen molar-refractivity contribution in [3.8, 4) is 0 Å². The molecule has 1 saturated heterocycles. The van der Waals surface area contributed by atoms with E-state index in [-0.39, 0.29) is 29.6 Å². The number of nitrogens with zero attached hydrogens (tertiary/aromatic N) is 2. The van der Waals surface area contributed by atoms with Crippen LogP contribution in [-0.2, 0) is 19.1 Å². The van der Waals surface area contributed by atoms with E-state index in [2.05, 4.69) is 0 Å². The Balaban J connectivity index is 3.02. The number of ether oxygens (including phenoxy) is 1. The highest BCUT2D eigenvalue weighted by molar-refractivity contribution is 5.92. The zero-order valence-corrected chi connectivity index (χ0v) is 18.1. The maximum atomic E-state index is 13.3. The zero-order valence-electron chi connectivity index (χ0n) is 18.1. The number of rotatable bonds is 6. The number of amides is 2. The summed E-state index contributed by atoms with van der Waals surface area (Å²) >= 11 is 0. The van der Waals surface area contributed by atoms with Crippen LogP contribution < -0.4 is 5.73 Å². The lowest BCUT2D eigenvalue weighted by molar-refractivity contribution is -0.165. The van der Waals surface area contributed by atoms with E-state index >= 15 is 0 Å². The van der Waals surface area contributed by atoms with Crippen molar-refractivity contribution in [2.45, 2.75) is 85.0 Å². The van der Waals surface area contributed by atoms with Crippen LogP contribution >= 0.6 is 0 Å². The predicted molar refractivity (Wildman–Crippen MR) is 105 cm³/mol. The summed E-state index contributed by atoms with van der Waals surface area (Å²) < 4.78 is 5.49. The maximum absolute atomic E-state index is 13.3. The molecule has 0 bridgehead atoms. The molecule has 2 N–H and O–H groups in total. The number of hydrogen-bond acceptors (Lipinski definition) is 5. The van der Waals surface area contributed by atoms with Gasteiger partial charge in [0.15, 0.2) is 0 Å².